The number of thioether (sulfide) groups is 1. The van der Waals surface area contributed by atoms with Crippen molar-refractivity contribution < 1.29 is 9.53 Å². The second-order valence-electron chi connectivity index (χ2n) is 3.75. The van der Waals surface area contributed by atoms with Crippen LogP contribution in [0.3, 0.4) is 0 Å². The number of aromatic nitrogens is 2. The summed E-state index contributed by atoms with van der Waals surface area (Å²) in [7, 11) is 0. The molecule has 1 N–H and O–H groups in total. The van der Waals surface area contributed by atoms with Crippen LogP contribution in [0.25, 0.3) is 11.0 Å². The van der Waals surface area contributed by atoms with Gasteiger partial charge in [-0.3, -0.25) is 0 Å². The van der Waals surface area contributed by atoms with Crippen molar-refractivity contribution in [2.45, 2.75) is 31.5 Å². The predicted molar refractivity (Wildman–Crippen MR) is 68.2 cm³/mol. The summed E-state index contributed by atoms with van der Waals surface area (Å²) in [6.45, 7) is 3.85. The van der Waals surface area contributed by atoms with E-state index >= 15 is 0 Å². The zero-order valence-corrected chi connectivity index (χ0v) is 10.6. The smallest absolute Gasteiger partial charge is 0.375 e. The molecule has 0 fully saturated rings. The molecule has 0 saturated heterocycles. The molecule has 0 aliphatic heterocycles. The molecule has 2 aromatic rings. The monoisotopic (exact) mass is 250 g/mol. The molecular formula is C12H14N2O2S. The zero-order valence-electron chi connectivity index (χ0n) is 9.77. The fraction of sp³-hybridized carbons (Fsp3) is 0.333. The number of nitrogens with one attached hydrogen (secondary N) is 1. The first kappa shape index (κ1) is 12.0. The van der Waals surface area contributed by atoms with E-state index in [9.17, 15) is 4.79 Å². The summed E-state index contributed by atoms with van der Waals surface area (Å²) < 4.78 is 5.16. The third kappa shape index (κ3) is 3.00. The summed E-state index contributed by atoms with van der Waals surface area (Å²) in [5.41, 5.74) is 1.78. The SMILES string of the molecule is CCC(C)OC(=O)Sc1nc2ccccc2[nH]1. The van der Waals surface area contributed by atoms with E-state index in [0.29, 0.717) is 5.16 Å². The van der Waals surface area contributed by atoms with Gasteiger partial charge in [-0.1, -0.05) is 19.1 Å². The van der Waals surface area contributed by atoms with Gasteiger partial charge in [0.05, 0.1) is 17.1 Å². The van der Waals surface area contributed by atoms with Crippen molar-refractivity contribution >= 4 is 28.1 Å². The Bertz CT molecular complexity index is 491. The van der Waals surface area contributed by atoms with E-state index in [2.05, 4.69) is 9.97 Å². The summed E-state index contributed by atoms with van der Waals surface area (Å²) in [4.78, 5) is 18.9. The minimum absolute atomic E-state index is 0.0561. The minimum atomic E-state index is -0.321. The van der Waals surface area contributed by atoms with Crippen LogP contribution < -0.4 is 0 Å². The lowest BCUT2D eigenvalue weighted by molar-refractivity contribution is 0.130. The third-order valence-electron chi connectivity index (χ3n) is 2.42. The van der Waals surface area contributed by atoms with Crippen molar-refractivity contribution in [3.05, 3.63) is 24.3 Å². The second kappa shape index (κ2) is 5.23. The van der Waals surface area contributed by atoms with Crippen LogP contribution in [-0.2, 0) is 4.74 Å². The molecule has 5 heteroatoms. The molecule has 0 bridgehead atoms. The van der Waals surface area contributed by atoms with E-state index in [1.807, 2.05) is 38.1 Å². The summed E-state index contributed by atoms with van der Waals surface area (Å²) in [5.74, 6) is 0. The highest BCUT2D eigenvalue weighted by Gasteiger charge is 2.12. The lowest BCUT2D eigenvalue weighted by atomic mass is 10.3. The second-order valence-corrected chi connectivity index (χ2v) is 4.67. The number of hydrogen-bond acceptors (Lipinski definition) is 4. The summed E-state index contributed by atoms with van der Waals surface area (Å²) in [5, 5.41) is 0.248. The highest BCUT2D eigenvalue weighted by atomic mass is 32.2. The van der Waals surface area contributed by atoms with Gasteiger partial charge in [0.25, 0.3) is 0 Å². The Kier molecular flexibility index (Phi) is 3.68. The average Bonchev–Trinajstić information content (AvgIpc) is 2.70. The molecule has 1 atom stereocenters. The lowest BCUT2D eigenvalue weighted by Gasteiger charge is -2.08. The Balaban J connectivity index is 2.05. The Labute approximate surface area is 104 Å². The van der Waals surface area contributed by atoms with Crippen LogP contribution in [-0.4, -0.2) is 21.4 Å². The molecule has 0 spiro atoms. The Morgan fingerprint density at radius 3 is 3.00 bits per heavy atom. The normalized spacial score (nSPS) is 12.6. The molecule has 0 amide bonds. The number of hydrogen-bond donors (Lipinski definition) is 1. The molecule has 2 rings (SSSR count). The first-order valence-electron chi connectivity index (χ1n) is 5.52. The zero-order chi connectivity index (χ0) is 12.3. The molecule has 1 unspecified atom stereocenters. The van der Waals surface area contributed by atoms with Crippen molar-refractivity contribution in [3.63, 3.8) is 0 Å². The van der Waals surface area contributed by atoms with Gasteiger partial charge >= 0.3 is 5.30 Å². The van der Waals surface area contributed by atoms with Crippen LogP contribution in [0, 0.1) is 0 Å². The van der Waals surface area contributed by atoms with Crippen molar-refractivity contribution in [1.29, 1.82) is 0 Å². The van der Waals surface area contributed by atoms with Gasteiger partial charge in [0.15, 0.2) is 5.16 Å². The summed E-state index contributed by atoms with van der Waals surface area (Å²) in [6, 6.07) is 7.66. The molecule has 1 heterocycles. The van der Waals surface area contributed by atoms with E-state index in [0.717, 1.165) is 29.2 Å². The van der Waals surface area contributed by atoms with E-state index in [-0.39, 0.29) is 11.4 Å². The molecule has 1 aromatic carbocycles. The molecule has 0 aliphatic carbocycles. The summed E-state index contributed by atoms with van der Waals surface area (Å²) in [6.07, 6.45) is 0.756. The van der Waals surface area contributed by atoms with Gasteiger partial charge in [0.1, 0.15) is 0 Å². The quantitative estimate of drug-likeness (QED) is 0.668. The van der Waals surface area contributed by atoms with Gasteiger partial charge in [0.2, 0.25) is 0 Å². The third-order valence-corrected chi connectivity index (χ3v) is 3.07. The van der Waals surface area contributed by atoms with Gasteiger partial charge in [-0.15, -0.1) is 0 Å². The van der Waals surface area contributed by atoms with Crippen molar-refractivity contribution in [1.82, 2.24) is 9.97 Å². The molecule has 0 aliphatic rings. The van der Waals surface area contributed by atoms with Crippen LogP contribution in [0.1, 0.15) is 20.3 Å². The predicted octanol–water partition coefficient (Wildman–Crippen LogP) is 3.59. The van der Waals surface area contributed by atoms with Gasteiger partial charge in [-0.2, -0.15) is 0 Å². The van der Waals surface area contributed by atoms with Crippen molar-refractivity contribution in [2.24, 2.45) is 0 Å². The Morgan fingerprint density at radius 2 is 2.29 bits per heavy atom. The number of ether oxygens (including phenoxy) is 1. The molecular weight excluding hydrogens is 236 g/mol. The number of aromatic amines is 1. The molecule has 0 saturated carbocycles. The largest absolute Gasteiger partial charge is 0.454 e. The maximum atomic E-state index is 11.5. The summed E-state index contributed by atoms with van der Waals surface area (Å²) >= 11 is 0.985. The molecule has 4 nitrogen and oxygen atoms in total. The topological polar surface area (TPSA) is 55.0 Å². The average molecular weight is 250 g/mol. The fourth-order valence-corrected chi connectivity index (χ4v) is 2.00. The Morgan fingerprint density at radius 1 is 1.53 bits per heavy atom. The van der Waals surface area contributed by atoms with Crippen LogP contribution in [0.5, 0.6) is 0 Å². The van der Waals surface area contributed by atoms with E-state index in [1.54, 1.807) is 0 Å². The number of para-hydroxylation sites is 2. The van der Waals surface area contributed by atoms with Crippen LogP contribution >= 0.6 is 11.8 Å². The molecule has 17 heavy (non-hydrogen) atoms. The van der Waals surface area contributed by atoms with Gasteiger partial charge in [0, 0.05) is 11.8 Å². The number of rotatable bonds is 3. The van der Waals surface area contributed by atoms with Gasteiger partial charge in [-0.25, -0.2) is 9.78 Å². The van der Waals surface area contributed by atoms with E-state index in [4.69, 9.17) is 4.74 Å². The number of carbonyl (C=O) groups is 1. The maximum Gasteiger partial charge on any atom is 0.375 e. The van der Waals surface area contributed by atoms with Crippen LogP contribution in [0.4, 0.5) is 4.79 Å². The maximum absolute atomic E-state index is 11.5. The highest BCUT2D eigenvalue weighted by Crippen LogP contribution is 2.21. The fourth-order valence-electron chi connectivity index (χ4n) is 1.33. The number of nitrogens with zero attached hydrogens (tertiary/aromatic N) is 1. The Hall–Kier alpha value is -1.49. The number of H-pyrrole nitrogens is 1. The number of imidazole rings is 1. The molecule has 1 aromatic heterocycles. The molecule has 0 radical (unpaired) electrons. The van der Waals surface area contributed by atoms with Gasteiger partial charge in [-0.05, 0) is 25.5 Å². The highest BCUT2D eigenvalue weighted by molar-refractivity contribution is 8.13. The first-order valence-corrected chi connectivity index (χ1v) is 6.34. The van der Waals surface area contributed by atoms with Gasteiger partial charge < -0.3 is 9.72 Å². The minimum Gasteiger partial charge on any atom is -0.454 e. The number of benzene rings is 1. The lowest BCUT2D eigenvalue weighted by Crippen LogP contribution is -2.09. The van der Waals surface area contributed by atoms with E-state index < -0.39 is 0 Å². The standard InChI is InChI=1S/C12H14N2O2S/c1-3-8(2)16-12(15)17-11-13-9-6-4-5-7-10(9)14-11/h4-8H,3H2,1-2H3,(H,13,14). The van der Waals surface area contributed by atoms with Crippen LogP contribution in [0.2, 0.25) is 0 Å². The molecule has 90 valence electrons. The number of carbonyl (C=O) groups excluding carboxylic acids is 1. The van der Waals surface area contributed by atoms with Crippen LogP contribution in [0.15, 0.2) is 29.4 Å². The van der Waals surface area contributed by atoms with Crippen molar-refractivity contribution in [3.8, 4) is 0 Å². The van der Waals surface area contributed by atoms with Crippen molar-refractivity contribution in [2.75, 3.05) is 0 Å². The number of fused-ring (bicyclic) bond motifs is 1. The first-order chi connectivity index (χ1) is 8.19. The van der Waals surface area contributed by atoms with E-state index in [1.165, 1.54) is 0 Å².